The molecule has 0 aliphatic carbocycles. The predicted octanol–water partition coefficient (Wildman–Crippen LogP) is -2.43. The van der Waals surface area contributed by atoms with Crippen molar-refractivity contribution in [2.75, 3.05) is 26.3 Å². The standard InChI is InChI=1S/C4H9NO10S3/c6-16(7)14-18(10,11)15-17(8,9)13-5-1-3-12-4-2-5/h1-4H2,(H,6,7)/p-1. The topological polar surface area (TPSA) is 149 Å². The molecule has 0 aromatic carbocycles. The highest BCUT2D eigenvalue weighted by atomic mass is 32.3. The molecule has 108 valence electrons. The molecule has 0 bridgehead atoms. The first-order chi connectivity index (χ1) is 8.20. The van der Waals surface area contributed by atoms with Crippen molar-refractivity contribution in [1.82, 2.24) is 5.06 Å². The Balaban J connectivity index is 2.61. The van der Waals surface area contributed by atoms with Gasteiger partial charge in [0.25, 0.3) is 0 Å². The second-order valence-electron chi connectivity index (χ2n) is 2.77. The first kappa shape index (κ1) is 15.9. The molecule has 18 heavy (non-hydrogen) atoms. The van der Waals surface area contributed by atoms with E-state index in [0.29, 0.717) is 0 Å². The van der Waals surface area contributed by atoms with Crippen LogP contribution in [-0.2, 0) is 48.4 Å². The number of ether oxygens (including phenoxy) is 1. The molecule has 1 rings (SSSR count). The van der Waals surface area contributed by atoms with Crippen LogP contribution in [-0.4, -0.2) is 57.0 Å². The monoisotopic (exact) mass is 326 g/mol. The van der Waals surface area contributed by atoms with E-state index in [4.69, 9.17) is 4.74 Å². The van der Waals surface area contributed by atoms with Crippen LogP contribution in [0.1, 0.15) is 0 Å². The summed E-state index contributed by atoms with van der Waals surface area (Å²) < 4.78 is 79.4. The molecular formula is C4H8NO10S3-. The minimum atomic E-state index is -5.27. The fraction of sp³-hybridized carbons (Fsp3) is 1.00. The maximum absolute atomic E-state index is 11.1. The Morgan fingerprint density at radius 2 is 1.67 bits per heavy atom. The van der Waals surface area contributed by atoms with Gasteiger partial charge in [0, 0.05) is 13.1 Å². The van der Waals surface area contributed by atoms with Gasteiger partial charge >= 0.3 is 20.8 Å². The van der Waals surface area contributed by atoms with E-state index in [1.807, 2.05) is 0 Å². The van der Waals surface area contributed by atoms with Gasteiger partial charge in [-0.1, -0.05) is 3.63 Å². The average Bonchev–Trinajstić information content (AvgIpc) is 2.13. The van der Waals surface area contributed by atoms with Crippen LogP contribution < -0.4 is 0 Å². The summed E-state index contributed by atoms with van der Waals surface area (Å²) >= 11 is -3.49. The van der Waals surface area contributed by atoms with Gasteiger partial charge in [-0.15, -0.1) is 0 Å². The number of hydroxylamine groups is 2. The number of morpholine rings is 1. The maximum Gasteiger partial charge on any atom is 0.432 e. The summed E-state index contributed by atoms with van der Waals surface area (Å²) in [6, 6.07) is 0. The summed E-state index contributed by atoms with van der Waals surface area (Å²) in [5.41, 5.74) is 0. The lowest BCUT2D eigenvalue weighted by Gasteiger charge is -2.23. The van der Waals surface area contributed by atoms with Crippen LogP contribution in [0.25, 0.3) is 0 Å². The Bertz CT molecular complexity index is 489. The minimum Gasteiger partial charge on any atom is -0.749 e. The van der Waals surface area contributed by atoms with Crippen molar-refractivity contribution in [3.05, 3.63) is 0 Å². The second-order valence-corrected chi connectivity index (χ2v) is 6.05. The fourth-order valence-corrected chi connectivity index (χ4v) is 3.11. The lowest BCUT2D eigenvalue weighted by molar-refractivity contribution is -0.118. The zero-order valence-corrected chi connectivity index (χ0v) is 11.0. The van der Waals surface area contributed by atoms with Crippen LogP contribution >= 0.6 is 0 Å². The molecule has 0 spiro atoms. The van der Waals surface area contributed by atoms with Crippen LogP contribution in [0.3, 0.4) is 0 Å². The van der Waals surface area contributed by atoms with Crippen molar-refractivity contribution >= 4 is 32.2 Å². The third-order valence-electron chi connectivity index (χ3n) is 1.47. The zero-order valence-electron chi connectivity index (χ0n) is 8.58. The van der Waals surface area contributed by atoms with Crippen molar-refractivity contribution < 1.29 is 41.9 Å². The Kier molecular flexibility index (Phi) is 5.56. The van der Waals surface area contributed by atoms with Gasteiger partial charge < -0.3 is 9.29 Å². The fourth-order valence-electron chi connectivity index (χ4n) is 0.944. The molecule has 0 saturated carbocycles. The Morgan fingerprint density at radius 3 is 2.17 bits per heavy atom. The van der Waals surface area contributed by atoms with E-state index in [1.54, 1.807) is 0 Å². The van der Waals surface area contributed by atoms with Gasteiger partial charge in [0.1, 0.15) is 11.4 Å². The Hall–Kier alpha value is -0.190. The molecule has 1 saturated heterocycles. The van der Waals surface area contributed by atoms with Gasteiger partial charge in [-0.3, -0.25) is 0 Å². The number of nitrogens with zero attached hydrogens (tertiary/aromatic N) is 1. The minimum absolute atomic E-state index is 0.0664. The predicted molar refractivity (Wildman–Crippen MR) is 52.4 cm³/mol. The molecule has 0 N–H and O–H groups in total. The van der Waals surface area contributed by atoms with Gasteiger partial charge in [0.05, 0.1) is 13.2 Å². The first-order valence-corrected chi connectivity index (χ1v) is 7.89. The summed E-state index contributed by atoms with van der Waals surface area (Å²) in [7, 11) is -10.3. The summed E-state index contributed by atoms with van der Waals surface area (Å²) in [6.07, 6.45) is 0. The maximum atomic E-state index is 11.1. The van der Waals surface area contributed by atoms with E-state index in [1.165, 1.54) is 0 Å². The smallest absolute Gasteiger partial charge is 0.432 e. The number of hydrogen-bond acceptors (Lipinski definition) is 11. The summed E-state index contributed by atoms with van der Waals surface area (Å²) in [6.45, 7) is 0.501. The SMILES string of the molecule is O=S([O-])OS(=O)(=O)OS(=O)(=O)ON1CCOCC1. The van der Waals surface area contributed by atoms with Crippen LogP contribution in [0.15, 0.2) is 0 Å². The molecule has 0 aromatic rings. The van der Waals surface area contributed by atoms with Gasteiger partial charge in [0.2, 0.25) is 0 Å². The quantitative estimate of drug-likeness (QED) is 0.479. The molecule has 1 aliphatic heterocycles. The average molecular weight is 326 g/mol. The van der Waals surface area contributed by atoms with E-state index >= 15 is 0 Å². The van der Waals surface area contributed by atoms with Crippen LogP contribution in [0.4, 0.5) is 0 Å². The Morgan fingerprint density at radius 1 is 1.11 bits per heavy atom. The molecule has 0 amide bonds. The van der Waals surface area contributed by atoms with Gasteiger partial charge in [-0.2, -0.15) is 29.8 Å². The van der Waals surface area contributed by atoms with Crippen molar-refractivity contribution in [3.63, 3.8) is 0 Å². The van der Waals surface area contributed by atoms with Crippen LogP contribution in [0.2, 0.25) is 0 Å². The zero-order chi connectivity index (χ0) is 13.8. The molecule has 14 heteroatoms. The Labute approximate surface area is 106 Å². The molecule has 1 atom stereocenters. The largest absolute Gasteiger partial charge is 0.749 e. The molecule has 1 unspecified atom stereocenters. The molecular weight excluding hydrogens is 318 g/mol. The third-order valence-corrected chi connectivity index (χ3v) is 4.31. The van der Waals surface area contributed by atoms with Crippen molar-refractivity contribution in [1.29, 1.82) is 0 Å². The van der Waals surface area contributed by atoms with E-state index in [-0.39, 0.29) is 26.3 Å². The number of rotatable bonds is 6. The molecule has 11 nitrogen and oxygen atoms in total. The second kappa shape index (κ2) is 6.31. The van der Waals surface area contributed by atoms with Crippen molar-refractivity contribution in [2.24, 2.45) is 0 Å². The summed E-state index contributed by atoms with van der Waals surface area (Å²) in [5.74, 6) is 0. The van der Waals surface area contributed by atoms with E-state index in [2.05, 4.69) is 11.5 Å². The van der Waals surface area contributed by atoms with Crippen LogP contribution in [0.5, 0.6) is 0 Å². The first-order valence-electron chi connectivity index (χ1n) is 4.23. The highest BCUT2D eigenvalue weighted by molar-refractivity contribution is 7.99. The normalized spacial score (nSPS) is 20.7. The molecule has 0 radical (unpaired) electrons. The van der Waals surface area contributed by atoms with Crippen molar-refractivity contribution in [3.8, 4) is 0 Å². The van der Waals surface area contributed by atoms with Gasteiger partial charge in [-0.05, 0) is 0 Å². The molecule has 0 aromatic heterocycles. The van der Waals surface area contributed by atoms with E-state index < -0.39 is 32.2 Å². The summed E-state index contributed by atoms with van der Waals surface area (Å²) in [4.78, 5) is 0. The lowest BCUT2D eigenvalue weighted by atomic mass is 10.5. The lowest BCUT2D eigenvalue weighted by Crippen LogP contribution is -2.38. The summed E-state index contributed by atoms with van der Waals surface area (Å²) in [5, 5.41) is 0.877. The highest BCUT2D eigenvalue weighted by Crippen LogP contribution is 2.09. The van der Waals surface area contributed by atoms with Crippen molar-refractivity contribution in [2.45, 2.75) is 0 Å². The van der Waals surface area contributed by atoms with Crippen LogP contribution in [0, 0.1) is 0 Å². The molecule has 1 heterocycles. The third kappa shape index (κ3) is 6.12. The molecule has 1 aliphatic rings. The highest BCUT2D eigenvalue weighted by Gasteiger charge is 2.29. The van der Waals surface area contributed by atoms with Gasteiger partial charge in [0.15, 0.2) is 0 Å². The molecule has 1 fully saturated rings. The van der Waals surface area contributed by atoms with E-state index in [0.717, 1.165) is 5.06 Å². The van der Waals surface area contributed by atoms with Gasteiger partial charge in [-0.25, -0.2) is 4.21 Å². The van der Waals surface area contributed by atoms with E-state index in [9.17, 15) is 25.6 Å². The number of hydrogen-bond donors (Lipinski definition) is 0.